The molecule has 1 amide bonds. The number of sulfonamides is 1. The fraction of sp³-hybridized carbons (Fsp3) is 0.391. The number of aromatic nitrogens is 2. The molecular weight excluding hydrogens is 428 g/mol. The third-order valence-corrected chi connectivity index (χ3v) is 7.64. The van der Waals surface area contributed by atoms with Crippen LogP contribution in [0.4, 0.5) is 5.69 Å². The van der Waals surface area contributed by atoms with Crippen molar-refractivity contribution in [1.82, 2.24) is 13.9 Å². The van der Waals surface area contributed by atoms with Crippen LogP contribution < -0.4 is 10.1 Å². The Morgan fingerprint density at radius 3 is 2.59 bits per heavy atom. The van der Waals surface area contributed by atoms with Crippen LogP contribution in [0.3, 0.4) is 0 Å². The Bertz CT molecular complexity index is 1230. The van der Waals surface area contributed by atoms with Gasteiger partial charge in [0.15, 0.2) is 0 Å². The van der Waals surface area contributed by atoms with Gasteiger partial charge in [0, 0.05) is 19.5 Å². The number of aryl methyl sites for hydroxylation is 1. The Balaban J connectivity index is 1.60. The molecule has 0 radical (unpaired) electrons. The molecule has 1 fully saturated rings. The van der Waals surface area contributed by atoms with E-state index in [2.05, 4.69) is 10.3 Å². The van der Waals surface area contributed by atoms with Gasteiger partial charge in [-0.05, 0) is 43.2 Å². The second-order valence-electron chi connectivity index (χ2n) is 7.83. The number of ether oxygens (including phenoxy) is 1. The van der Waals surface area contributed by atoms with E-state index >= 15 is 0 Å². The number of amides is 1. The monoisotopic (exact) mass is 456 g/mol. The number of fused-ring (bicyclic) bond motifs is 1. The van der Waals surface area contributed by atoms with Crippen molar-refractivity contribution in [3.8, 4) is 5.75 Å². The van der Waals surface area contributed by atoms with Gasteiger partial charge in [-0.1, -0.05) is 25.5 Å². The molecule has 0 atom stereocenters. The molecular formula is C23H28N4O4S. The molecule has 4 rings (SSSR count). The standard InChI is InChI=1S/C23H28N4O4S/c1-3-22-24-18-9-5-6-10-20(18)27(22)16-23(28)25-19-15-17(11-12-21(19)31-2)32(29,30)26-13-7-4-8-14-26/h5-6,9-12,15H,3-4,7-8,13-14,16H2,1-2H3,(H,25,28). The number of nitrogens with one attached hydrogen (secondary N) is 1. The maximum Gasteiger partial charge on any atom is 0.244 e. The highest BCUT2D eigenvalue weighted by molar-refractivity contribution is 7.89. The lowest BCUT2D eigenvalue weighted by atomic mass is 10.2. The number of para-hydroxylation sites is 2. The van der Waals surface area contributed by atoms with Gasteiger partial charge in [0.05, 0.1) is 28.7 Å². The van der Waals surface area contributed by atoms with Gasteiger partial charge in [-0.25, -0.2) is 13.4 Å². The number of nitrogens with zero attached hydrogens (tertiary/aromatic N) is 3. The van der Waals surface area contributed by atoms with Gasteiger partial charge in [0.1, 0.15) is 18.1 Å². The van der Waals surface area contributed by atoms with E-state index in [0.717, 1.165) is 36.1 Å². The van der Waals surface area contributed by atoms with Crippen molar-refractivity contribution < 1.29 is 17.9 Å². The minimum atomic E-state index is -3.62. The van der Waals surface area contributed by atoms with Gasteiger partial charge in [-0.15, -0.1) is 0 Å². The molecule has 32 heavy (non-hydrogen) atoms. The molecule has 0 unspecified atom stereocenters. The first kappa shape index (κ1) is 22.3. The Hall–Kier alpha value is -2.91. The Morgan fingerprint density at radius 2 is 1.88 bits per heavy atom. The zero-order valence-electron chi connectivity index (χ0n) is 18.4. The average Bonchev–Trinajstić information content (AvgIpc) is 3.17. The van der Waals surface area contributed by atoms with Crippen molar-refractivity contribution in [3.63, 3.8) is 0 Å². The number of benzene rings is 2. The summed E-state index contributed by atoms with van der Waals surface area (Å²) in [6.07, 6.45) is 3.45. The number of imidazole rings is 1. The molecule has 0 saturated carbocycles. The van der Waals surface area contributed by atoms with Gasteiger partial charge in [-0.3, -0.25) is 4.79 Å². The average molecular weight is 457 g/mol. The van der Waals surface area contributed by atoms with Gasteiger partial charge in [-0.2, -0.15) is 4.31 Å². The second kappa shape index (κ2) is 9.30. The van der Waals surface area contributed by atoms with Crippen LogP contribution >= 0.6 is 0 Å². The summed E-state index contributed by atoms with van der Waals surface area (Å²) in [5.41, 5.74) is 2.05. The zero-order chi connectivity index (χ0) is 22.7. The van der Waals surface area contributed by atoms with E-state index in [9.17, 15) is 13.2 Å². The third kappa shape index (κ3) is 4.35. The van der Waals surface area contributed by atoms with E-state index in [-0.39, 0.29) is 17.3 Å². The number of rotatable bonds is 7. The summed E-state index contributed by atoms with van der Waals surface area (Å²) in [5.74, 6) is 0.936. The molecule has 0 spiro atoms. The number of carbonyl (C=O) groups excluding carboxylic acids is 1. The van der Waals surface area contributed by atoms with Gasteiger partial charge in [0.2, 0.25) is 15.9 Å². The molecule has 1 N–H and O–H groups in total. The SMILES string of the molecule is CCc1nc2ccccc2n1CC(=O)Nc1cc(S(=O)(=O)N2CCCCC2)ccc1OC. The topological polar surface area (TPSA) is 93.5 Å². The number of methoxy groups -OCH3 is 1. The number of hydrogen-bond acceptors (Lipinski definition) is 5. The summed E-state index contributed by atoms with van der Waals surface area (Å²) in [6, 6.07) is 12.3. The van der Waals surface area contributed by atoms with Crippen LogP contribution in [0.25, 0.3) is 11.0 Å². The summed E-state index contributed by atoms with van der Waals surface area (Å²) in [6.45, 7) is 3.09. The number of anilines is 1. The van der Waals surface area contributed by atoms with Crippen molar-refractivity contribution in [2.75, 3.05) is 25.5 Å². The molecule has 9 heteroatoms. The molecule has 2 heterocycles. The molecule has 1 aromatic heterocycles. The lowest BCUT2D eigenvalue weighted by molar-refractivity contribution is -0.116. The third-order valence-electron chi connectivity index (χ3n) is 5.75. The maximum atomic E-state index is 13.1. The van der Waals surface area contributed by atoms with Crippen molar-refractivity contribution >= 4 is 32.7 Å². The molecule has 170 valence electrons. The van der Waals surface area contributed by atoms with Crippen molar-refractivity contribution in [2.24, 2.45) is 0 Å². The van der Waals surface area contributed by atoms with E-state index in [1.807, 2.05) is 35.8 Å². The summed E-state index contributed by atoms with van der Waals surface area (Å²) in [7, 11) is -2.14. The molecule has 8 nitrogen and oxygen atoms in total. The Labute approximate surface area is 188 Å². The van der Waals surface area contributed by atoms with E-state index in [4.69, 9.17) is 4.74 Å². The predicted molar refractivity (Wildman–Crippen MR) is 123 cm³/mol. The first-order valence-electron chi connectivity index (χ1n) is 10.9. The van der Waals surface area contributed by atoms with Gasteiger partial charge >= 0.3 is 0 Å². The van der Waals surface area contributed by atoms with E-state index in [1.54, 1.807) is 6.07 Å². The minimum Gasteiger partial charge on any atom is -0.495 e. The summed E-state index contributed by atoms with van der Waals surface area (Å²) in [4.78, 5) is 17.7. The van der Waals surface area contributed by atoms with Crippen LogP contribution in [0.15, 0.2) is 47.4 Å². The summed E-state index contributed by atoms with van der Waals surface area (Å²) >= 11 is 0. The molecule has 1 aliphatic heterocycles. The lowest BCUT2D eigenvalue weighted by Crippen LogP contribution is -2.35. The fourth-order valence-electron chi connectivity index (χ4n) is 4.10. The Morgan fingerprint density at radius 1 is 1.12 bits per heavy atom. The fourth-order valence-corrected chi connectivity index (χ4v) is 5.65. The van der Waals surface area contributed by atoms with Gasteiger partial charge < -0.3 is 14.6 Å². The molecule has 0 aliphatic carbocycles. The Kier molecular flexibility index (Phi) is 6.48. The normalized spacial score (nSPS) is 15.1. The molecule has 2 aromatic carbocycles. The highest BCUT2D eigenvalue weighted by Gasteiger charge is 2.27. The van der Waals surface area contributed by atoms with Crippen LogP contribution in [-0.4, -0.2) is 48.4 Å². The minimum absolute atomic E-state index is 0.0654. The van der Waals surface area contributed by atoms with Crippen molar-refractivity contribution in [3.05, 3.63) is 48.3 Å². The smallest absolute Gasteiger partial charge is 0.244 e. The van der Waals surface area contributed by atoms with Gasteiger partial charge in [0.25, 0.3) is 0 Å². The second-order valence-corrected chi connectivity index (χ2v) is 9.77. The quantitative estimate of drug-likeness (QED) is 0.588. The molecule has 3 aromatic rings. The van der Waals surface area contributed by atoms with Crippen molar-refractivity contribution in [2.45, 2.75) is 44.0 Å². The van der Waals surface area contributed by atoms with Crippen LogP contribution in [0, 0.1) is 0 Å². The lowest BCUT2D eigenvalue weighted by Gasteiger charge is -2.26. The van der Waals surface area contributed by atoms with E-state index in [1.165, 1.54) is 23.5 Å². The highest BCUT2D eigenvalue weighted by Crippen LogP contribution is 2.30. The number of piperidine rings is 1. The van der Waals surface area contributed by atoms with Crippen LogP contribution in [0.1, 0.15) is 32.0 Å². The maximum absolute atomic E-state index is 13.1. The molecule has 1 saturated heterocycles. The first-order chi connectivity index (χ1) is 15.4. The number of hydrogen-bond donors (Lipinski definition) is 1. The first-order valence-corrected chi connectivity index (χ1v) is 12.3. The summed E-state index contributed by atoms with van der Waals surface area (Å²) < 4.78 is 34.9. The number of carbonyl (C=O) groups is 1. The van der Waals surface area contributed by atoms with E-state index in [0.29, 0.717) is 30.9 Å². The van der Waals surface area contributed by atoms with Crippen LogP contribution in [0.2, 0.25) is 0 Å². The zero-order valence-corrected chi connectivity index (χ0v) is 19.2. The van der Waals surface area contributed by atoms with Crippen LogP contribution in [0.5, 0.6) is 5.75 Å². The largest absolute Gasteiger partial charge is 0.495 e. The molecule has 0 bridgehead atoms. The predicted octanol–water partition coefficient (Wildman–Crippen LogP) is 3.42. The van der Waals surface area contributed by atoms with Crippen LogP contribution in [-0.2, 0) is 27.8 Å². The highest BCUT2D eigenvalue weighted by atomic mass is 32.2. The van der Waals surface area contributed by atoms with Crippen molar-refractivity contribution in [1.29, 1.82) is 0 Å². The summed E-state index contributed by atoms with van der Waals surface area (Å²) in [5, 5.41) is 2.84. The molecule has 1 aliphatic rings. The van der Waals surface area contributed by atoms with E-state index < -0.39 is 10.0 Å².